The first-order chi connectivity index (χ1) is 14.0. The maximum Gasteiger partial charge on any atom is 0.233 e. The molecule has 2 saturated heterocycles. The number of allylic oxidation sites excluding steroid dienone is 2. The lowest BCUT2D eigenvalue weighted by atomic mass is 9.85. The highest BCUT2D eigenvalue weighted by Gasteiger charge is 2.46. The lowest BCUT2D eigenvalue weighted by Gasteiger charge is -2.16. The third-order valence-electron chi connectivity index (χ3n) is 5.97. The highest BCUT2D eigenvalue weighted by Crippen LogP contribution is 2.35. The third-order valence-corrected chi connectivity index (χ3v) is 5.97. The Bertz CT molecular complexity index is 835. The first kappa shape index (κ1) is 19.4. The van der Waals surface area contributed by atoms with Gasteiger partial charge in [0.1, 0.15) is 0 Å². The number of carbonyl (C=O) groups excluding carboxylic acids is 4. The normalized spacial score (nSPS) is 23.7. The maximum atomic E-state index is 12.4. The Hall–Kier alpha value is -2.96. The molecular weight excluding hydrogens is 370 g/mol. The lowest BCUT2D eigenvalue weighted by Crippen LogP contribution is -2.35. The summed E-state index contributed by atoms with van der Waals surface area (Å²) in [5.41, 5.74) is 1.81. The van der Waals surface area contributed by atoms with E-state index in [0.29, 0.717) is 25.8 Å². The smallest absolute Gasteiger partial charge is 0.233 e. The summed E-state index contributed by atoms with van der Waals surface area (Å²) in [6.45, 7) is 1.25. The summed E-state index contributed by atoms with van der Waals surface area (Å²) in [6, 6.07) is 7.57. The Morgan fingerprint density at radius 3 is 2.24 bits per heavy atom. The van der Waals surface area contributed by atoms with Crippen molar-refractivity contribution in [1.82, 2.24) is 10.2 Å². The van der Waals surface area contributed by atoms with Crippen molar-refractivity contribution in [2.24, 2.45) is 11.8 Å². The van der Waals surface area contributed by atoms with Crippen LogP contribution in [0, 0.1) is 11.8 Å². The van der Waals surface area contributed by atoms with Crippen molar-refractivity contribution in [3.05, 3.63) is 42.0 Å². The van der Waals surface area contributed by atoms with Crippen LogP contribution in [0.1, 0.15) is 37.7 Å². The van der Waals surface area contributed by atoms with Gasteiger partial charge in [-0.2, -0.15) is 0 Å². The molecule has 7 nitrogen and oxygen atoms in total. The van der Waals surface area contributed by atoms with Crippen molar-refractivity contribution in [2.45, 2.75) is 38.6 Å². The van der Waals surface area contributed by atoms with Crippen LogP contribution in [0.2, 0.25) is 0 Å². The summed E-state index contributed by atoms with van der Waals surface area (Å²) in [7, 11) is 0. The number of nitrogens with zero attached hydrogens (tertiary/aromatic N) is 2. The van der Waals surface area contributed by atoms with E-state index in [1.165, 1.54) is 4.90 Å². The molecule has 2 heterocycles. The van der Waals surface area contributed by atoms with Gasteiger partial charge in [-0.15, -0.1) is 0 Å². The number of amides is 4. The molecule has 0 aromatic heterocycles. The molecule has 0 bridgehead atoms. The highest BCUT2D eigenvalue weighted by atomic mass is 16.2. The molecule has 7 heteroatoms. The van der Waals surface area contributed by atoms with Crippen molar-refractivity contribution in [3.63, 3.8) is 0 Å². The predicted molar refractivity (Wildman–Crippen MR) is 107 cm³/mol. The first-order valence-corrected chi connectivity index (χ1v) is 10.2. The molecule has 0 radical (unpaired) electrons. The van der Waals surface area contributed by atoms with E-state index in [-0.39, 0.29) is 48.4 Å². The molecule has 4 amide bonds. The van der Waals surface area contributed by atoms with Gasteiger partial charge in [0.2, 0.25) is 23.6 Å². The highest BCUT2D eigenvalue weighted by molar-refractivity contribution is 6.05. The summed E-state index contributed by atoms with van der Waals surface area (Å²) in [4.78, 5) is 51.9. The van der Waals surface area contributed by atoms with Gasteiger partial charge in [0.15, 0.2) is 0 Å². The molecule has 2 atom stereocenters. The quantitative estimate of drug-likeness (QED) is 0.588. The van der Waals surface area contributed by atoms with Crippen molar-refractivity contribution in [2.75, 3.05) is 18.0 Å². The molecule has 0 spiro atoms. The van der Waals surface area contributed by atoms with Gasteiger partial charge >= 0.3 is 0 Å². The van der Waals surface area contributed by atoms with Crippen LogP contribution in [0.4, 0.5) is 5.69 Å². The molecule has 1 N–H and O–H groups in total. The van der Waals surface area contributed by atoms with Crippen LogP contribution in [0.3, 0.4) is 0 Å². The van der Waals surface area contributed by atoms with Crippen LogP contribution in [-0.4, -0.2) is 41.6 Å². The molecule has 152 valence electrons. The number of anilines is 1. The number of hydrogen-bond donors (Lipinski definition) is 1. The number of benzene rings is 1. The molecule has 1 aromatic rings. The standard InChI is InChI=1S/C22H25N3O4/c26-19(11-13-25-21(28)17-4-1-2-5-18(17)22(25)29)23-14-15-7-9-16(10-8-15)24-12-3-6-20(24)27/h1-2,7-10,17-18H,3-6,11-14H2,(H,23,26)/t17-,18+. The van der Waals surface area contributed by atoms with Crippen LogP contribution >= 0.6 is 0 Å². The van der Waals surface area contributed by atoms with Gasteiger partial charge in [-0.25, -0.2) is 0 Å². The minimum atomic E-state index is -0.253. The third kappa shape index (κ3) is 3.95. The Labute approximate surface area is 169 Å². The van der Waals surface area contributed by atoms with Crippen molar-refractivity contribution >= 4 is 29.3 Å². The number of fused-ring (bicyclic) bond motifs is 1. The minimum Gasteiger partial charge on any atom is -0.352 e. The average molecular weight is 395 g/mol. The molecule has 3 aliphatic rings. The van der Waals surface area contributed by atoms with E-state index >= 15 is 0 Å². The van der Waals surface area contributed by atoms with Gasteiger partial charge in [-0.1, -0.05) is 24.3 Å². The number of rotatable bonds is 6. The van der Waals surface area contributed by atoms with E-state index in [1.807, 2.05) is 36.4 Å². The Balaban J connectivity index is 1.25. The van der Waals surface area contributed by atoms with Gasteiger partial charge in [-0.3, -0.25) is 24.1 Å². The van der Waals surface area contributed by atoms with Crippen molar-refractivity contribution in [1.29, 1.82) is 0 Å². The van der Waals surface area contributed by atoms with E-state index in [1.54, 1.807) is 4.90 Å². The summed E-state index contributed by atoms with van der Waals surface area (Å²) in [6.07, 6.45) is 6.70. The summed E-state index contributed by atoms with van der Waals surface area (Å²) < 4.78 is 0. The zero-order valence-electron chi connectivity index (χ0n) is 16.3. The zero-order valence-corrected chi connectivity index (χ0v) is 16.3. The van der Waals surface area contributed by atoms with Gasteiger partial charge in [0, 0.05) is 38.2 Å². The first-order valence-electron chi connectivity index (χ1n) is 10.2. The second-order valence-electron chi connectivity index (χ2n) is 7.83. The fourth-order valence-electron chi connectivity index (χ4n) is 4.31. The van der Waals surface area contributed by atoms with Gasteiger partial charge in [0.05, 0.1) is 11.8 Å². The van der Waals surface area contributed by atoms with Crippen LogP contribution < -0.4 is 10.2 Å². The van der Waals surface area contributed by atoms with E-state index in [9.17, 15) is 19.2 Å². The Morgan fingerprint density at radius 2 is 1.66 bits per heavy atom. The molecule has 2 aliphatic heterocycles. The predicted octanol–water partition coefficient (Wildman–Crippen LogP) is 1.77. The number of carbonyl (C=O) groups is 4. The van der Waals surface area contributed by atoms with Gasteiger partial charge in [-0.05, 0) is 37.0 Å². The molecular formula is C22H25N3O4. The van der Waals surface area contributed by atoms with E-state index in [2.05, 4.69) is 5.32 Å². The molecule has 0 saturated carbocycles. The summed E-state index contributed by atoms with van der Waals surface area (Å²) in [5, 5.41) is 2.83. The molecule has 0 unspecified atom stereocenters. The zero-order chi connectivity index (χ0) is 20.4. The van der Waals surface area contributed by atoms with Crippen LogP contribution in [0.25, 0.3) is 0 Å². The molecule has 29 heavy (non-hydrogen) atoms. The largest absolute Gasteiger partial charge is 0.352 e. The summed E-state index contributed by atoms with van der Waals surface area (Å²) >= 11 is 0. The van der Waals surface area contributed by atoms with Gasteiger partial charge in [0.25, 0.3) is 0 Å². The van der Waals surface area contributed by atoms with Crippen LogP contribution in [0.5, 0.6) is 0 Å². The fraction of sp³-hybridized carbons (Fsp3) is 0.455. The summed E-state index contributed by atoms with van der Waals surface area (Å²) in [5.74, 6) is -0.855. The van der Waals surface area contributed by atoms with Crippen molar-refractivity contribution < 1.29 is 19.2 Å². The SMILES string of the molecule is O=C(CCN1C(=O)[C@H]2CC=CC[C@H]2C1=O)NCc1ccc(N2CCCC2=O)cc1. The second kappa shape index (κ2) is 8.19. The van der Waals surface area contributed by atoms with E-state index < -0.39 is 0 Å². The monoisotopic (exact) mass is 395 g/mol. The molecule has 1 aromatic carbocycles. The van der Waals surface area contributed by atoms with Gasteiger partial charge < -0.3 is 10.2 Å². The molecule has 1 aliphatic carbocycles. The lowest BCUT2D eigenvalue weighted by molar-refractivity contribution is -0.140. The topological polar surface area (TPSA) is 86.8 Å². The van der Waals surface area contributed by atoms with E-state index in [0.717, 1.165) is 24.2 Å². The number of likely N-dealkylation sites (tertiary alicyclic amines) is 1. The minimum absolute atomic E-state index is 0.102. The Kier molecular flexibility index (Phi) is 5.47. The Morgan fingerprint density at radius 1 is 1.00 bits per heavy atom. The maximum absolute atomic E-state index is 12.4. The second-order valence-corrected chi connectivity index (χ2v) is 7.83. The van der Waals surface area contributed by atoms with Crippen LogP contribution in [-0.2, 0) is 25.7 Å². The average Bonchev–Trinajstić information content (AvgIpc) is 3.27. The molecule has 2 fully saturated rings. The number of nitrogens with one attached hydrogen (secondary N) is 1. The number of imide groups is 1. The fourth-order valence-corrected chi connectivity index (χ4v) is 4.31. The van der Waals surface area contributed by atoms with E-state index in [4.69, 9.17) is 0 Å². The van der Waals surface area contributed by atoms with Crippen LogP contribution in [0.15, 0.2) is 36.4 Å². The number of hydrogen-bond acceptors (Lipinski definition) is 4. The molecule has 4 rings (SSSR count). The van der Waals surface area contributed by atoms with Crippen molar-refractivity contribution in [3.8, 4) is 0 Å².